The Kier molecular flexibility index (Phi) is 4.97. The van der Waals surface area contributed by atoms with Crippen molar-refractivity contribution in [3.05, 3.63) is 53.3 Å². The number of ether oxygens (including phenoxy) is 1. The van der Waals surface area contributed by atoms with Crippen LogP contribution in [0.1, 0.15) is 55.2 Å². The number of amides is 1. The van der Waals surface area contributed by atoms with Crippen molar-refractivity contribution in [2.24, 2.45) is 5.92 Å². The van der Waals surface area contributed by atoms with Gasteiger partial charge in [0.1, 0.15) is 6.10 Å². The first-order chi connectivity index (χ1) is 17.4. The van der Waals surface area contributed by atoms with Crippen molar-refractivity contribution in [3.63, 3.8) is 0 Å². The van der Waals surface area contributed by atoms with Gasteiger partial charge < -0.3 is 19.8 Å². The van der Waals surface area contributed by atoms with E-state index in [0.717, 1.165) is 43.0 Å². The second-order valence-electron chi connectivity index (χ2n) is 11.8. The Balaban J connectivity index is 1.23. The van der Waals surface area contributed by atoms with E-state index in [2.05, 4.69) is 9.88 Å². The summed E-state index contributed by atoms with van der Waals surface area (Å²) in [5, 5.41) is 23.4. The van der Waals surface area contributed by atoms with Gasteiger partial charge >= 0.3 is 0 Å². The molecule has 0 unspecified atom stereocenters. The smallest absolute Gasteiger partial charge is 0.223 e. The van der Waals surface area contributed by atoms with Crippen LogP contribution in [0.2, 0.25) is 0 Å². The Morgan fingerprint density at radius 1 is 1.25 bits per heavy atom. The van der Waals surface area contributed by atoms with E-state index in [1.807, 2.05) is 36.3 Å². The maximum atomic E-state index is 13.4. The number of aromatic nitrogens is 1. The summed E-state index contributed by atoms with van der Waals surface area (Å²) in [5.74, 6) is 1.51. The predicted molar refractivity (Wildman–Crippen MR) is 134 cm³/mol. The predicted octanol–water partition coefficient (Wildman–Crippen LogP) is 2.81. The van der Waals surface area contributed by atoms with E-state index in [-0.39, 0.29) is 29.8 Å². The number of nitrogens with zero attached hydrogens (tertiary/aromatic N) is 3. The van der Waals surface area contributed by atoms with E-state index in [9.17, 15) is 15.0 Å². The number of likely N-dealkylation sites (tertiary alicyclic amines) is 1. The zero-order valence-corrected chi connectivity index (χ0v) is 20.9. The van der Waals surface area contributed by atoms with Gasteiger partial charge in [0.25, 0.3) is 0 Å². The second kappa shape index (κ2) is 7.93. The molecule has 36 heavy (non-hydrogen) atoms. The number of benzene rings is 1. The van der Waals surface area contributed by atoms with E-state index >= 15 is 0 Å². The van der Waals surface area contributed by atoms with Crippen LogP contribution in [0.15, 0.2) is 36.7 Å². The molecule has 3 fully saturated rings. The van der Waals surface area contributed by atoms with Gasteiger partial charge in [-0.1, -0.05) is 12.1 Å². The fourth-order valence-corrected chi connectivity index (χ4v) is 8.01. The van der Waals surface area contributed by atoms with Crippen molar-refractivity contribution in [1.82, 2.24) is 14.8 Å². The highest BCUT2D eigenvalue weighted by Crippen LogP contribution is 2.66. The van der Waals surface area contributed by atoms with Crippen molar-refractivity contribution in [2.75, 3.05) is 20.1 Å². The molecule has 1 saturated heterocycles. The number of phenols is 1. The number of hydrogen-bond donors (Lipinski definition) is 2. The zero-order chi connectivity index (χ0) is 24.7. The number of aliphatic hydroxyl groups is 1. The number of aromatic hydroxyl groups is 1. The van der Waals surface area contributed by atoms with Crippen molar-refractivity contribution in [1.29, 1.82) is 0 Å². The average Bonchev–Trinajstić information content (AvgIpc) is 3.63. The highest BCUT2D eigenvalue weighted by Gasteiger charge is 2.73. The molecule has 7 heteroatoms. The number of phenolic OH excluding ortho intramolecular Hbond substituents is 1. The number of rotatable bonds is 6. The molecule has 190 valence electrons. The Morgan fingerprint density at radius 3 is 2.89 bits per heavy atom. The molecule has 2 aliphatic heterocycles. The third-order valence-electron chi connectivity index (χ3n) is 9.97. The lowest BCUT2D eigenvalue weighted by atomic mass is 9.48. The lowest BCUT2D eigenvalue weighted by Crippen LogP contribution is -2.78. The summed E-state index contributed by atoms with van der Waals surface area (Å²) in [5.41, 5.74) is 1.73. The Bertz CT molecular complexity index is 1200. The van der Waals surface area contributed by atoms with Crippen molar-refractivity contribution in [3.8, 4) is 11.5 Å². The first-order valence-electron chi connectivity index (χ1n) is 13.6. The summed E-state index contributed by atoms with van der Waals surface area (Å²) in [6.45, 7) is 1.98. The van der Waals surface area contributed by atoms with Gasteiger partial charge in [0.15, 0.2) is 11.5 Å². The second-order valence-corrected chi connectivity index (χ2v) is 11.8. The average molecular weight is 490 g/mol. The number of carbonyl (C=O) groups is 1. The minimum atomic E-state index is -0.924. The summed E-state index contributed by atoms with van der Waals surface area (Å²) in [4.78, 5) is 21.9. The third kappa shape index (κ3) is 3.05. The summed E-state index contributed by atoms with van der Waals surface area (Å²) in [6.07, 6.45) is 9.73. The standard InChI is InChI=1S/C29H35N3O4/c1-31(24(34)9-6-18-3-2-13-30-16-18)21-10-11-29(35)23-15-20-7-8-22(33)26-25(20)28(29,27(21)36-26)12-14-32(23)17-19-4-5-19/h2-3,7-8,13,16,19,21,23,27,33,35H,4-6,9-12,14-15,17H2,1H3/t21-,23+,27-,28-,29+/m0/s1. The van der Waals surface area contributed by atoms with Crippen LogP contribution in [0.3, 0.4) is 0 Å². The molecule has 3 heterocycles. The third-order valence-corrected chi connectivity index (χ3v) is 9.97. The minimum Gasteiger partial charge on any atom is -0.504 e. The number of piperidine rings is 1. The fraction of sp³-hybridized carbons (Fsp3) is 0.586. The van der Waals surface area contributed by atoms with Gasteiger partial charge in [0.05, 0.1) is 17.1 Å². The lowest BCUT2D eigenvalue weighted by molar-refractivity contribution is -0.200. The van der Waals surface area contributed by atoms with Crippen LogP contribution in [-0.2, 0) is 23.1 Å². The summed E-state index contributed by atoms with van der Waals surface area (Å²) in [7, 11) is 1.88. The maximum Gasteiger partial charge on any atom is 0.223 e. The highest BCUT2D eigenvalue weighted by atomic mass is 16.5. The van der Waals surface area contributed by atoms with Crippen molar-refractivity contribution in [2.45, 2.75) is 80.6 Å². The normalized spacial score (nSPS) is 34.1. The number of carbonyl (C=O) groups excluding carboxylic acids is 1. The molecule has 1 aromatic carbocycles. The quantitative estimate of drug-likeness (QED) is 0.649. The van der Waals surface area contributed by atoms with Crippen LogP contribution in [-0.4, -0.2) is 74.8 Å². The van der Waals surface area contributed by atoms with Crippen LogP contribution in [0.4, 0.5) is 0 Å². The largest absolute Gasteiger partial charge is 0.504 e. The molecule has 2 aromatic rings. The van der Waals surface area contributed by atoms with E-state index in [4.69, 9.17) is 4.74 Å². The number of pyridine rings is 1. The van der Waals surface area contributed by atoms with Crippen molar-refractivity contribution >= 4 is 5.91 Å². The van der Waals surface area contributed by atoms with Gasteiger partial charge in [-0.25, -0.2) is 0 Å². The molecule has 5 aliphatic rings. The van der Waals surface area contributed by atoms with Crippen LogP contribution in [0.5, 0.6) is 11.5 Å². The topological polar surface area (TPSA) is 86.1 Å². The molecule has 7 rings (SSSR count). The molecule has 3 aliphatic carbocycles. The van der Waals surface area contributed by atoms with E-state index in [1.165, 1.54) is 18.4 Å². The zero-order valence-electron chi connectivity index (χ0n) is 20.9. The van der Waals surface area contributed by atoms with Crippen LogP contribution >= 0.6 is 0 Å². The first kappa shape index (κ1) is 22.5. The fourth-order valence-electron chi connectivity index (χ4n) is 8.01. The minimum absolute atomic E-state index is 0.0495. The van der Waals surface area contributed by atoms with Crippen LogP contribution in [0, 0.1) is 5.92 Å². The van der Waals surface area contributed by atoms with E-state index in [0.29, 0.717) is 31.4 Å². The van der Waals surface area contributed by atoms with Gasteiger partial charge in [-0.3, -0.25) is 14.7 Å². The summed E-state index contributed by atoms with van der Waals surface area (Å²) in [6, 6.07) is 7.56. The van der Waals surface area contributed by atoms with Gasteiger partial charge in [-0.15, -0.1) is 0 Å². The Hall–Kier alpha value is -2.64. The number of aryl methyl sites for hydroxylation is 1. The summed E-state index contributed by atoms with van der Waals surface area (Å²) < 4.78 is 6.62. The molecule has 2 bridgehead atoms. The monoisotopic (exact) mass is 489 g/mol. The molecule has 5 atom stereocenters. The van der Waals surface area contributed by atoms with Crippen molar-refractivity contribution < 1.29 is 19.7 Å². The van der Waals surface area contributed by atoms with Gasteiger partial charge in [-0.05, 0) is 80.7 Å². The van der Waals surface area contributed by atoms with E-state index < -0.39 is 11.0 Å². The number of likely N-dealkylation sites (N-methyl/N-ethyl adjacent to an activating group) is 1. The van der Waals surface area contributed by atoms with Gasteiger partial charge in [0, 0.05) is 44.0 Å². The van der Waals surface area contributed by atoms with Gasteiger partial charge in [-0.2, -0.15) is 0 Å². The summed E-state index contributed by atoms with van der Waals surface area (Å²) >= 11 is 0. The SMILES string of the molecule is CN(C(=O)CCc1cccnc1)[C@H]1CC[C@@]2(O)[C@H]3Cc4ccc(O)c5c4[C@@]2(CCN3CC2CC2)[C@H]1O5. The molecule has 1 aromatic heterocycles. The molecule has 2 N–H and O–H groups in total. The first-order valence-corrected chi connectivity index (χ1v) is 13.6. The van der Waals surface area contributed by atoms with Crippen LogP contribution < -0.4 is 4.74 Å². The van der Waals surface area contributed by atoms with E-state index in [1.54, 1.807) is 12.3 Å². The molecule has 2 saturated carbocycles. The molecule has 1 spiro atoms. The Morgan fingerprint density at radius 2 is 2.11 bits per heavy atom. The molecule has 7 nitrogen and oxygen atoms in total. The number of hydrogen-bond acceptors (Lipinski definition) is 6. The lowest BCUT2D eigenvalue weighted by Gasteiger charge is -2.64. The molecular weight excluding hydrogens is 454 g/mol. The highest BCUT2D eigenvalue weighted by molar-refractivity contribution is 5.77. The van der Waals surface area contributed by atoms with Gasteiger partial charge in [0.2, 0.25) is 5.91 Å². The molecule has 0 radical (unpaired) electrons. The Labute approximate surface area is 212 Å². The molecular formula is C29H35N3O4. The molecule has 1 amide bonds. The van der Waals surface area contributed by atoms with Crippen LogP contribution in [0.25, 0.3) is 0 Å². The maximum absolute atomic E-state index is 13.4.